The molecule has 1 fully saturated rings. The van der Waals surface area contributed by atoms with Crippen molar-refractivity contribution < 1.29 is 4.74 Å². The van der Waals surface area contributed by atoms with Crippen LogP contribution in [-0.2, 0) is 16.6 Å². The molecule has 2 atom stereocenters. The summed E-state index contributed by atoms with van der Waals surface area (Å²) in [6, 6.07) is 0.356. The Morgan fingerprint density at radius 3 is 2.75 bits per heavy atom. The molecule has 0 saturated carbocycles. The van der Waals surface area contributed by atoms with E-state index in [0.717, 1.165) is 26.0 Å². The lowest BCUT2D eigenvalue weighted by Crippen LogP contribution is -2.49. The summed E-state index contributed by atoms with van der Waals surface area (Å²) in [7, 11) is 0. The van der Waals surface area contributed by atoms with E-state index in [9.17, 15) is 0 Å². The quantitative estimate of drug-likeness (QED) is 0.902. The Balaban J connectivity index is 2.10. The number of hydrogen-bond acceptors (Lipinski definition) is 4. The van der Waals surface area contributed by atoms with Crippen molar-refractivity contribution in [2.75, 3.05) is 13.2 Å². The summed E-state index contributed by atoms with van der Waals surface area (Å²) in [5, 5.41) is 7.03. The fraction of sp³-hybridized carbons (Fsp3) is 0.812. The number of aromatic nitrogens is 1. The van der Waals surface area contributed by atoms with Gasteiger partial charge in [0.15, 0.2) is 0 Å². The fourth-order valence-electron chi connectivity index (χ4n) is 2.75. The van der Waals surface area contributed by atoms with Crippen LogP contribution in [0, 0.1) is 0 Å². The molecule has 114 valence electrons. The van der Waals surface area contributed by atoms with E-state index >= 15 is 0 Å². The number of nitrogens with one attached hydrogen (secondary N) is 1. The van der Waals surface area contributed by atoms with Crippen molar-refractivity contribution >= 4 is 11.3 Å². The Hall–Kier alpha value is -0.450. The van der Waals surface area contributed by atoms with Gasteiger partial charge in [-0.15, -0.1) is 11.3 Å². The maximum Gasteiger partial charge on any atom is 0.0945 e. The van der Waals surface area contributed by atoms with Crippen molar-refractivity contribution in [1.82, 2.24) is 10.3 Å². The zero-order chi connectivity index (χ0) is 14.8. The molecule has 2 rings (SSSR count). The molecule has 0 bridgehead atoms. The molecule has 2 unspecified atom stereocenters. The zero-order valence-corrected chi connectivity index (χ0v) is 14.3. The number of hydrogen-bond donors (Lipinski definition) is 1. The average molecular weight is 296 g/mol. The summed E-state index contributed by atoms with van der Waals surface area (Å²) >= 11 is 1.78. The molecule has 4 heteroatoms. The van der Waals surface area contributed by atoms with E-state index in [1.165, 1.54) is 17.1 Å². The first-order chi connectivity index (χ1) is 9.35. The van der Waals surface area contributed by atoms with Crippen LogP contribution in [0.4, 0.5) is 0 Å². The van der Waals surface area contributed by atoms with E-state index in [4.69, 9.17) is 9.72 Å². The topological polar surface area (TPSA) is 34.2 Å². The van der Waals surface area contributed by atoms with E-state index < -0.39 is 0 Å². The van der Waals surface area contributed by atoms with Gasteiger partial charge < -0.3 is 10.1 Å². The molecule has 1 saturated heterocycles. The van der Waals surface area contributed by atoms with Gasteiger partial charge in [0.2, 0.25) is 0 Å². The van der Waals surface area contributed by atoms with Crippen LogP contribution in [0.5, 0.6) is 0 Å². The first kappa shape index (κ1) is 15.9. The van der Waals surface area contributed by atoms with E-state index in [0.29, 0.717) is 6.04 Å². The highest BCUT2D eigenvalue weighted by molar-refractivity contribution is 7.09. The molecule has 0 aliphatic carbocycles. The Labute approximate surface area is 127 Å². The highest BCUT2D eigenvalue weighted by Crippen LogP contribution is 2.32. The van der Waals surface area contributed by atoms with Gasteiger partial charge in [-0.3, -0.25) is 0 Å². The highest BCUT2D eigenvalue weighted by atomic mass is 32.1. The summed E-state index contributed by atoms with van der Waals surface area (Å²) in [4.78, 5) is 4.83. The number of thiazole rings is 1. The molecule has 1 aromatic rings. The van der Waals surface area contributed by atoms with Crippen molar-refractivity contribution in [3.8, 4) is 0 Å². The third kappa shape index (κ3) is 3.60. The number of ether oxygens (including phenoxy) is 1. The Morgan fingerprint density at radius 1 is 1.50 bits per heavy atom. The lowest BCUT2D eigenvalue weighted by Gasteiger charge is -2.33. The Kier molecular flexibility index (Phi) is 4.88. The second-order valence-corrected chi connectivity index (χ2v) is 7.90. The Morgan fingerprint density at radius 2 is 2.25 bits per heavy atom. The lowest BCUT2D eigenvalue weighted by atomic mass is 9.90. The SMILES string of the molecule is CCNC(Cc1nc(C(C)(C)C)cs1)C1(C)CCCO1. The third-order valence-corrected chi connectivity index (χ3v) is 5.01. The van der Waals surface area contributed by atoms with Crippen LogP contribution in [0.2, 0.25) is 0 Å². The van der Waals surface area contributed by atoms with Gasteiger partial charge in [-0.25, -0.2) is 4.98 Å². The minimum Gasteiger partial charge on any atom is -0.374 e. The summed E-state index contributed by atoms with van der Waals surface area (Å²) in [5.41, 5.74) is 1.30. The molecule has 2 heterocycles. The largest absolute Gasteiger partial charge is 0.374 e. The highest BCUT2D eigenvalue weighted by Gasteiger charge is 2.38. The van der Waals surface area contributed by atoms with Crippen LogP contribution in [0.15, 0.2) is 5.38 Å². The molecule has 0 radical (unpaired) electrons. The lowest BCUT2D eigenvalue weighted by molar-refractivity contribution is -0.0110. The van der Waals surface area contributed by atoms with Gasteiger partial charge in [0.25, 0.3) is 0 Å². The van der Waals surface area contributed by atoms with Gasteiger partial charge in [-0.2, -0.15) is 0 Å². The molecular weight excluding hydrogens is 268 g/mol. The summed E-state index contributed by atoms with van der Waals surface area (Å²) < 4.78 is 6.02. The van der Waals surface area contributed by atoms with Crippen molar-refractivity contribution in [3.05, 3.63) is 16.1 Å². The summed E-state index contributed by atoms with van der Waals surface area (Å²) in [6.07, 6.45) is 3.27. The first-order valence-corrected chi connectivity index (χ1v) is 8.55. The van der Waals surface area contributed by atoms with E-state index in [2.05, 4.69) is 45.3 Å². The minimum atomic E-state index is -0.0381. The van der Waals surface area contributed by atoms with Crippen LogP contribution in [-0.4, -0.2) is 29.8 Å². The van der Waals surface area contributed by atoms with Crippen molar-refractivity contribution in [2.45, 2.75) is 70.9 Å². The molecule has 1 aromatic heterocycles. The van der Waals surface area contributed by atoms with Crippen LogP contribution in [0.25, 0.3) is 0 Å². The van der Waals surface area contributed by atoms with Gasteiger partial charge in [0.05, 0.1) is 16.3 Å². The number of nitrogens with zero attached hydrogens (tertiary/aromatic N) is 1. The standard InChI is InChI=1S/C16H28N2OS/c1-6-17-12(16(5)8-7-9-19-16)10-14-18-13(11-20-14)15(2,3)4/h11-12,17H,6-10H2,1-5H3. The maximum atomic E-state index is 6.02. The van der Waals surface area contributed by atoms with E-state index in [-0.39, 0.29) is 11.0 Å². The van der Waals surface area contributed by atoms with E-state index in [1.54, 1.807) is 11.3 Å². The van der Waals surface area contributed by atoms with Gasteiger partial charge in [0.1, 0.15) is 0 Å². The van der Waals surface area contributed by atoms with Gasteiger partial charge in [-0.1, -0.05) is 27.7 Å². The van der Waals surface area contributed by atoms with Crippen LogP contribution >= 0.6 is 11.3 Å². The molecular formula is C16H28N2OS. The van der Waals surface area contributed by atoms with Gasteiger partial charge in [0, 0.05) is 29.9 Å². The monoisotopic (exact) mass is 296 g/mol. The fourth-order valence-corrected chi connectivity index (χ4v) is 3.82. The van der Waals surface area contributed by atoms with Crippen molar-refractivity contribution in [3.63, 3.8) is 0 Å². The molecule has 20 heavy (non-hydrogen) atoms. The third-order valence-electron chi connectivity index (χ3n) is 4.14. The van der Waals surface area contributed by atoms with Crippen LogP contribution < -0.4 is 5.32 Å². The molecule has 1 aliphatic rings. The second-order valence-electron chi connectivity index (χ2n) is 6.96. The molecule has 1 aliphatic heterocycles. The second kappa shape index (κ2) is 6.12. The first-order valence-electron chi connectivity index (χ1n) is 7.67. The normalized spacial score (nSPS) is 25.1. The van der Waals surface area contributed by atoms with Crippen LogP contribution in [0.1, 0.15) is 58.2 Å². The minimum absolute atomic E-state index is 0.0381. The van der Waals surface area contributed by atoms with Crippen molar-refractivity contribution in [2.24, 2.45) is 0 Å². The van der Waals surface area contributed by atoms with E-state index in [1.807, 2.05) is 0 Å². The number of rotatable bonds is 5. The molecule has 0 aromatic carbocycles. The predicted octanol–water partition coefficient (Wildman–Crippen LogP) is 3.53. The number of likely N-dealkylation sites (N-methyl/N-ethyl adjacent to an activating group) is 1. The molecule has 0 spiro atoms. The molecule has 1 N–H and O–H groups in total. The molecule has 3 nitrogen and oxygen atoms in total. The van der Waals surface area contributed by atoms with Gasteiger partial charge >= 0.3 is 0 Å². The summed E-state index contributed by atoms with van der Waals surface area (Å²) in [6.45, 7) is 12.9. The predicted molar refractivity (Wildman–Crippen MR) is 85.6 cm³/mol. The van der Waals surface area contributed by atoms with Crippen molar-refractivity contribution in [1.29, 1.82) is 0 Å². The Bertz CT molecular complexity index is 430. The maximum absolute atomic E-state index is 6.02. The molecule has 0 amide bonds. The summed E-state index contributed by atoms with van der Waals surface area (Å²) in [5.74, 6) is 0. The van der Waals surface area contributed by atoms with Crippen LogP contribution in [0.3, 0.4) is 0 Å². The van der Waals surface area contributed by atoms with Gasteiger partial charge in [-0.05, 0) is 26.3 Å². The smallest absolute Gasteiger partial charge is 0.0945 e. The average Bonchev–Trinajstić information content (AvgIpc) is 2.97. The zero-order valence-electron chi connectivity index (χ0n) is 13.5.